The third-order valence-corrected chi connectivity index (χ3v) is 5.79. The van der Waals surface area contributed by atoms with Crippen molar-refractivity contribution in [3.8, 4) is 11.3 Å². The molecule has 4 rings (SSSR count). The lowest BCUT2D eigenvalue weighted by molar-refractivity contribution is -0.125. The quantitative estimate of drug-likeness (QED) is 0.706. The predicted molar refractivity (Wildman–Crippen MR) is 118 cm³/mol. The average molecular weight is 402 g/mol. The monoisotopic (exact) mass is 401 g/mol. The zero-order valence-corrected chi connectivity index (χ0v) is 17.5. The maximum atomic E-state index is 12.7. The normalized spacial score (nSPS) is 16.3. The van der Waals surface area contributed by atoms with Crippen molar-refractivity contribution in [1.82, 2.24) is 20.5 Å². The summed E-state index contributed by atoms with van der Waals surface area (Å²) in [6.45, 7) is 6.30. The fourth-order valence-electron chi connectivity index (χ4n) is 3.78. The molecule has 0 saturated carbocycles. The summed E-state index contributed by atoms with van der Waals surface area (Å²) in [4.78, 5) is 18.8. The average Bonchev–Trinajstić information content (AvgIpc) is 2.80. The number of rotatable bonds is 5. The van der Waals surface area contributed by atoms with Crippen LogP contribution in [0.25, 0.3) is 11.3 Å². The van der Waals surface area contributed by atoms with E-state index in [4.69, 9.17) is 0 Å². The summed E-state index contributed by atoms with van der Waals surface area (Å²) >= 11 is 0. The Bertz CT molecular complexity index is 1000. The number of pyridine rings is 1. The van der Waals surface area contributed by atoms with Crippen LogP contribution in [0.15, 0.2) is 54.9 Å². The zero-order chi connectivity index (χ0) is 20.9. The van der Waals surface area contributed by atoms with Crippen LogP contribution in [0.3, 0.4) is 0 Å². The van der Waals surface area contributed by atoms with E-state index in [-0.39, 0.29) is 11.8 Å². The van der Waals surface area contributed by atoms with Crippen LogP contribution in [0.1, 0.15) is 29.5 Å². The molecule has 1 N–H and O–H groups in total. The Kier molecular flexibility index (Phi) is 6.02. The lowest BCUT2D eigenvalue weighted by Gasteiger charge is -2.32. The molecule has 0 unspecified atom stereocenters. The number of carbonyl (C=O) groups excluding carboxylic acids is 1. The number of anilines is 1. The third kappa shape index (κ3) is 4.64. The molecule has 1 aromatic carbocycles. The first-order valence-electron chi connectivity index (χ1n) is 10.4. The Morgan fingerprint density at radius 2 is 1.90 bits per heavy atom. The molecule has 6 nitrogen and oxygen atoms in total. The van der Waals surface area contributed by atoms with Gasteiger partial charge in [0, 0.05) is 37.6 Å². The second-order valence-electron chi connectivity index (χ2n) is 7.93. The molecule has 0 spiro atoms. The number of hydrogen-bond acceptors (Lipinski definition) is 5. The number of amides is 1. The molecule has 0 radical (unpaired) electrons. The number of hydrogen-bond donors (Lipinski definition) is 1. The van der Waals surface area contributed by atoms with Gasteiger partial charge in [0.1, 0.15) is 0 Å². The van der Waals surface area contributed by atoms with E-state index in [0.717, 1.165) is 42.0 Å². The van der Waals surface area contributed by atoms with Gasteiger partial charge in [-0.2, -0.15) is 0 Å². The van der Waals surface area contributed by atoms with Gasteiger partial charge >= 0.3 is 0 Å². The Morgan fingerprint density at radius 1 is 1.07 bits per heavy atom. The summed E-state index contributed by atoms with van der Waals surface area (Å²) in [5, 5.41) is 11.9. The molecule has 0 bridgehead atoms. The summed E-state index contributed by atoms with van der Waals surface area (Å²) in [6, 6.07) is 14.2. The van der Waals surface area contributed by atoms with Gasteiger partial charge in [0.15, 0.2) is 5.82 Å². The molecule has 1 fully saturated rings. The molecule has 2 aromatic heterocycles. The molecule has 1 aliphatic heterocycles. The fraction of sp³-hybridized carbons (Fsp3) is 0.333. The number of piperidine rings is 1. The van der Waals surface area contributed by atoms with Crippen molar-refractivity contribution < 1.29 is 4.79 Å². The molecule has 1 aliphatic rings. The third-order valence-electron chi connectivity index (χ3n) is 5.79. The van der Waals surface area contributed by atoms with Crippen LogP contribution < -0.4 is 10.2 Å². The Balaban J connectivity index is 1.39. The van der Waals surface area contributed by atoms with Crippen LogP contribution in [-0.2, 0) is 11.3 Å². The number of nitrogens with zero attached hydrogens (tertiary/aromatic N) is 4. The van der Waals surface area contributed by atoms with Crippen LogP contribution in [0.5, 0.6) is 0 Å². The second-order valence-corrected chi connectivity index (χ2v) is 7.93. The maximum absolute atomic E-state index is 12.7. The summed E-state index contributed by atoms with van der Waals surface area (Å²) in [5.74, 6) is 0.882. The van der Waals surface area contributed by atoms with Crippen molar-refractivity contribution in [3.05, 3.63) is 71.5 Å². The SMILES string of the molecule is Cc1ccc(-c2ccc(N3CCC[C@H](C(=O)NCc4ccncc4)C3)nn2)cc1C. The molecular formula is C24H27N5O. The summed E-state index contributed by atoms with van der Waals surface area (Å²) in [5.41, 5.74) is 5.51. The summed E-state index contributed by atoms with van der Waals surface area (Å²) in [6.07, 6.45) is 5.34. The van der Waals surface area contributed by atoms with E-state index >= 15 is 0 Å². The molecule has 1 atom stereocenters. The van der Waals surface area contributed by atoms with E-state index in [1.807, 2.05) is 24.3 Å². The molecule has 6 heteroatoms. The zero-order valence-electron chi connectivity index (χ0n) is 17.5. The minimum absolute atomic E-state index is 0.0400. The van der Waals surface area contributed by atoms with E-state index in [9.17, 15) is 4.79 Å². The van der Waals surface area contributed by atoms with E-state index in [1.165, 1.54) is 11.1 Å². The van der Waals surface area contributed by atoms with Gasteiger partial charge < -0.3 is 10.2 Å². The van der Waals surface area contributed by atoms with Crippen molar-refractivity contribution in [2.75, 3.05) is 18.0 Å². The Labute approximate surface area is 177 Å². The van der Waals surface area contributed by atoms with Gasteiger partial charge in [0.2, 0.25) is 5.91 Å². The molecular weight excluding hydrogens is 374 g/mol. The minimum Gasteiger partial charge on any atom is -0.354 e. The number of nitrogens with one attached hydrogen (secondary N) is 1. The topological polar surface area (TPSA) is 71.0 Å². The Morgan fingerprint density at radius 3 is 2.63 bits per heavy atom. The highest BCUT2D eigenvalue weighted by Gasteiger charge is 2.26. The van der Waals surface area contributed by atoms with Crippen molar-refractivity contribution in [1.29, 1.82) is 0 Å². The fourth-order valence-corrected chi connectivity index (χ4v) is 3.78. The molecule has 3 aromatic rings. The number of carbonyl (C=O) groups is 1. The summed E-state index contributed by atoms with van der Waals surface area (Å²) in [7, 11) is 0. The second kappa shape index (κ2) is 9.03. The van der Waals surface area contributed by atoms with Crippen LogP contribution in [0.2, 0.25) is 0 Å². The van der Waals surface area contributed by atoms with Gasteiger partial charge in [-0.1, -0.05) is 12.1 Å². The van der Waals surface area contributed by atoms with Gasteiger partial charge in [-0.05, 0) is 73.7 Å². The highest BCUT2D eigenvalue weighted by molar-refractivity contribution is 5.79. The molecule has 1 amide bonds. The van der Waals surface area contributed by atoms with Gasteiger partial charge in [-0.15, -0.1) is 10.2 Å². The van der Waals surface area contributed by atoms with Crippen molar-refractivity contribution in [2.45, 2.75) is 33.2 Å². The van der Waals surface area contributed by atoms with Gasteiger partial charge in [0.25, 0.3) is 0 Å². The lowest BCUT2D eigenvalue weighted by Crippen LogP contribution is -2.43. The van der Waals surface area contributed by atoms with E-state index in [2.05, 4.69) is 57.4 Å². The van der Waals surface area contributed by atoms with Crippen LogP contribution in [0.4, 0.5) is 5.82 Å². The first kappa shape index (κ1) is 20.0. The number of aryl methyl sites for hydroxylation is 2. The van der Waals surface area contributed by atoms with E-state index in [0.29, 0.717) is 13.1 Å². The molecule has 1 saturated heterocycles. The smallest absolute Gasteiger partial charge is 0.225 e. The highest BCUT2D eigenvalue weighted by Crippen LogP contribution is 2.24. The van der Waals surface area contributed by atoms with E-state index in [1.54, 1.807) is 12.4 Å². The molecule has 154 valence electrons. The van der Waals surface area contributed by atoms with Crippen LogP contribution in [0, 0.1) is 19.8 Å². The molecule has 30 heavy (non-hydrogen) atoms. The first-order chi connectivity index (χ1) is 14.6. The van der Waals surface area contributed by atoms with Crippen LogP contribution >= 0.6 is 0 Å². The predicted octanol–water partition coefficient (Wildman–Crippen LogP) is 3.69. The number of benzene rings is 1. The molecule has 3 heterocycles. The van der Waals surface area contributed by atoms with Crippen molar-refractivity contribution >= 4 is 11.7 Å². The van der Waals surface area contributed by atoms with Crippen LogP contribution in [-0.4, -0.2) is 34.2 Å². The van der Waals surface area contributed by atoms with Crippen molar-refractivity contribution in [2.24, 2.45) is 5.92 Å². The standard InChI is InChI=1S/C24H27N5O/c1-17-5-6-20(14-18(17)2)22-7-8-23(28-27-22)29-13-3-4-21(16-29)24(30)26-15-19-9-11-25-12-10-19/h5-12,14,21H,3-4,13,15-16H2,1-2H3,(H,26,30)/t21-/m0/s1. The largest absolute Gasteiger partial charge is 0.354 e. The van der Waals surface area contributed by atoms with Gasteiger partial charge in [-0.25, -0.2) is 0 Å². The first-order valence-corrected chi connectivity index (χ1v) is 10.4. The summed E-state index contributed by atoms with van der Waals surface area (Å²) < 4.78 is 0. The number of aromatic nitrogens is 3. The minimum atomic E-state index is -0.0400. The maximum Gasteiger partial charge on any atom is 0.225 e. The molecule has 0 aliphatic carbocycles. The van der Waals surface area contributed by atoms with Crippen molar-refractivity contribution in [3.63, 3.8) is 0 Å². The Hall–Kier alpha value is -3.28. The van der Waals surface area contributed by atoms with E-state index < -0.39 is 0 Å². The highest BCUT2D eigenvalue weighted by atomic mass is 16.1. The van der Waals surface area contributed by atoms with Gasteiger partial charge in [-0.3, -0.25) is 9.78 Å². The lowest BCUT2D eigenvalue weighted by atomic mass is 9.97. The van der Waals surface area contributed by atoms with Gasteiger partial charge in [0.05, 0.1) is 11.6 Å².